The lowest BCUT2D eigenvalue weighted by atomic mass is 10.0. The second-order valence-electron chi connectivity index (χ2n) is 5.16. The van der Waals surface area contributed by atoms with E-state index in [0.29, 0.717) is 6.04 Å². The minimum Gasteiger partial charge on any atom is -0.374 e. The molecule has 2 nitrogen and oxygen atoms in total. The zero-order chi connectivity index (χ0) is 12.3. The molecule has 1 aliphatic rings. The van der Waals surface area contributed by atoms with Crippen molar-refractivity contribution in [3.05, 3.63) is 29.8 Å². The van der Waals surface area contributed by atoms with Crippen LogP contribution in [-0.2, 0) is 0 Å². The van der Waals surface area contributed by atoms with Crippen LogP contribution in [0.4, 0.5) is 5.69 Å². The molecule has 2 rings (SSSR count). The first kappa shape index (κ1) is 12.4. The van der Waals surface area contributed by atoms with Crippen LogP contribution in [0.2, 0.25) is 0 Å². The third kappa shape index (κ3) is 3.22. The molecule has 1 unspecified atom stereocenters. The standard InChI is InChI=1S/C15H24N2/c1-4-15(16-2)13-7-9-14(10-8-13)17(3)11-12-5-6-12/h7-10,12,15-16H,4-6,11H2,1-3H3. The first-order valence-corrected chi connectivity index (χ1v) is 6.73. The Bertz CT molecular complexity index is 336. The SMILES string of the molecule is CCC(NC)c1ccc(N(C)CC2CC2)cc1. The number of nitrogens with zero attached hydrogens (tertiary/aromatic N) is 1. The van der Waals surface area contributed by atoms with Crippen molar-refractivity contribution >= 4 is 5.69 Å². The number of hydrogen-bond donors (Lipinski definition) is 1. The highest BCUT2D eigenvalue weighted by Gasteiger charge is 2.22. The van der Waals surface area contributed by atoms with Gasteiger partial charge in [-0.2, -0.15) is 0 Å². The Morgan fingerprint density at radius 3 is 2.41 bits per heavy atom. The normalized spacial score (nSPS) is 16.9. The highest BCUT2D eigenvalue weighted by Crippen LogP contribution is 2.31. The van der Waals surface area contributed by atoms with Gasteiger partial charge in [-0.25, -0.2) is 0 Å². The Morgan fingerprint density at radius 1 is 1.29 bits per heavy atom. The Balaban J connectivity index is 2.00. The molecular formula is C15H24N2. The summed E-state index contributed by atoms with van der Waals surface area (Å²) < 4.78 is 0. The molecule has 1 saturated carbocycles. The summed E-state index contributed by atoms with van der Waals surface area (Å²) in [6, 6.07) is 9.49. The molecule has 2 heteroatoms. The van der Waals surface area contributed by atoms with Crippen LogP contribution < -0.4 is 10.2 Å². The summed E-state index contributed by atoms with van der Waals surface area (Å²) in [7, 11) is 4.23. The summed E-state index contributed by atoms with van der Waals surface area (Å²) in [6.45, 7) is 3.43. The fourth-order valence-electron chi connectivity index (χ4n) is 2.36. The smallest absolute Gasteiger partial charge is 0.0363 e. The molecule has 0 aliphatic heterocycles. The van der Waals surface area contributed by atoms with Crippen molar-refractivity contribution in [2.24, 2.45) is 5.92 Å². The summed E-state index contributed by atoms with van der Waals surface area (Å²) >= 11 is 0. The second kappa shape index (κ2) is 5.54. The van der Waals surface area contributed by atoms with E-state index in [2.05, 4.69) is 48.5 Å². The van der Waals surface area contributed by atoms with Crippen LogP contribution in [0.3, 0.4) is 0 Å². The fourth-order valence-corrected chi connectivity index (χ4v) is 2.36. The van der Waals surface area contributed by atoms with Crippen molar-refractivity contribution < 1.29 is 0 Å². The van der Waals surface area contributed by atoms with E-state index in [1.807, 2.05) is 7.05 Å². The van der Waals surface area contributed by atoms with Crippen LogP contribution in [0.25, 0.3) is 0 Å². The van der Waals surface area contributed by atoms with Gasteiger partial charge in [-0.3, -0.25) is 0 Å². The van der Waals surface area contributed by atoms with Crippen molar-refractivity contribution in [3.63, 3.8) is 0 Å². The molecule has 0 aromatic heterocycles. The number of hydrogen-bond acceptors (Lipinski definition) is 2. The van der Waals surface area contributed by atoms with Crippen LogP contribution in [0.1, 0.15) is 37.8 Å². The van der Waals surface area contributed by atoms with E-state index in [1.54, 1.807) is 0 Å². The van der Waals surface area contributed by atoms with Crippen molar-refractivity contribution in [2.45, 2.75) is 32.2 Å². The van der Waals surface area contributed by atoms with Gasteiger partial charge in [-0.15, -0.1) is 0 Å². The van der Waals surface area contributed by atoms with Crippen LogP contribution in [0, 0.1) is 5.92 Å². The zero-order valence-corrected chi connectivity index (χ0v) is 11.2. The van der Waals surface area contributed by atoms with Crippen LogP contribution in [0.5, 0.6) is 0 Å². The molecule has 1 fully saturated rings. The van der Waals surface area contributed by atoms with Gasteiger partial charge in [0.25, 0.3) is 0 Å². The maximum atomic E-state index is 3.35. The van der Waals surface area contributed by atoms with Crippen LogP contribution >= 0.6 is 0 Å². The molecule has 1 aromatic carbocycles. The van der Waals surface area contributed by atoms with Gasteiger partial charge in [0, 0.05) is 25.3 Å². The number of anilines is 1. The summed E-state index contributed by atoms with van der Waals surface area (Å²) in [6.07, 6.45) is 3.97. The Morgan fingerprint density at radius 2 is 1.94 bits per heavy atom. The molecule has 1 aliphatic carbocycles. The van der Waals surface area contributed by atoms with Gasteiger partial charge in [0.2, 0.25) is 0 Å². The van der Waals surface area contributed by atoms with Crippen LogP contribution in [-0.4, -0.2) is 20.6 Å². The first-order valence-electron chi connectivity index (χ1n) is 6.73. The monoisotopic (exact) mass is 232 g/mol. The average Bonchev–Trinajstić information content (AvgIpc) is 3.15. The Labute approximate surface area is 105 Å². The molecule has 0 radical (unpaired) electrons. The van der Waals surface area contributed by atoms with Gasteiger partial charge in [0.05, 0.1) is 0 Å². The van der Waals surface area contributed by atoms with E-state index < -0.39 is 0 Å². The van der Waals surface area contributed by atoms with Crippen LogP contribution in [0.15, 0.2) is 24.3 Å². The van der Waals surface area contributed by atoms with Gasteiger partial charge in [-0.05, 0) is 49.9 Å². The minimum absolute atomic E-state index is 0.484. The average molecular weight is 232 g/mol. The van der Waals surface area contributed by atoms with Gasteiger partial charge < -0.3 is 10.2 Å². The highest BCUT2D eigenvalue weighted by atomic mass is 15.1. The molecular weight excluding hydrogens is 208 g/mol. The van der Waals surface area contributed by atoms with Crippen molar-refractivity contribution in [1.82, 2.24) is 5.32 Å². The molecule has 94 valence electrons. The minimum atomic E-state index is 0.484. The lowest BCUT2D eigenvalue weighted by molar-refractivity contribution is 0.577. The predicted molar refractivity (Wildman–Crippen MR) is 74.5 cm³/mol. The third-order valence-electron chi connectivity index (χ3n) is 3.72. The fraction of sp³-hybridized carbons (Fsp3) is 0.600. The second-order valence-corrected chi connectivity index (χ2v) is 5.16. The molecule has 0 bridgehead atoms. The topological polar surface area (TPSA) is 15.3 Å². The van der Waals surface area contributed by atoms with Gasteiger partial charge >= 0.3 is 0 Å². The molecule has 0 heterocycles. The zero-order valence-electron chi connectivity index (χ0n) is 11.2. The van der Waals surface area contributed by atoms with E-state index in [0.717, 1.165) is 12.3 Å². The lowest BCUT2D eigenvalue weighted by Crippen LogP contribution is -2.20. The largest absolute Gasteiger partial charge is 0.374 e. The number of benzene rings is 1. The molecule has 0 spiro atoms. The molecule has 1 aromatic rings. The van der Waals surface area contributed by atoms with Crippen molar-refractivity contribution in [2.75, 3.05) is 25.5 Å². The van der Waals surface area contributed by atoms with Gasteiger partial charge in [0.1, 0.15) is 0 Å². The van der Waals surface area contributed by atoms with Gasteiger partial charge in [-0.1, -0.05) is 19.1 Å². The molecule has 1 atom stereocenters. The number of nitrogens with one attached hydrogen (secondary N) is 1. The summed E-state index contributed by atoms with van der Waals surface area (Å²) in [4.78, 5) is 2.38. The molecule has 0 amide bonds. The summed E-state index contributed by atoms with van der Waals surface area (Å²) in [5.74, 6) is 0.945. The molecule has 17 heavy (non-hydrogen) atoms. The van der Waals surface area contributed by atoms with E-state index in [-0.39, 0.29) is 0 Å². The third-order valence-corrected chi connectivity index (χ3v) is 3.72. The maximum absolute atomic E-state index is 3.35. The summed E-state index contributed by atoms with van der Waals surface area (Å²) in [5, 5.41) is 3.35. The highest BCUT2D eigenvalue weighted by molar-refractivity contribution is 5.47. The molecule has 0 saturated heterocycles. The Hall–Kier alpha value is -1.02. The van der Waals surface area contributed by atoms with E-state index >= 15 is 0 Å². The van der Waals surface area contributed by atoms with E-state index in [9.17, 15) is 0 Å². The first-order chi connectivity index (χ1) is 8.24. The quantitative estimate of drug-likeness (QED) is 0.810. The van der Waals surface area contributed by atoms with Gasteiger partial charge in [0.15, 0.2) is 0 Å². The number of rotatable bonds is 6. The van der Waals surface area contributed by atoms with E-state index in [4.69, 9.17) is 0 Å². The van der Waals surface area contributed by atoms with Crippen molar-refractivity contribution in [1.29, 1.82) is 0 Å². The van der Waals surface area contributed by atoms with E-state index in [1.165, 1.54) is 30.6 Å². The summed E-state index contributed by atoms with van der Waals surface area (Å²) in [5.41, 5.74) is 2.73. The predicted octanol–water partition coefficient (Wildman–Crippen LogP) is 3.20. The van der Waals surface area contributed by atoms with Crippen molar-refractivity contribution in [3.8, 4) is 0 Å². The molecule has 1 N–H and O–H groups in total. The maximum Gasteiger partial charge on any atom is 0.0363 e. The lowest BCUT2D eigenvalue weighted by Gasteiger charge is -2.20. The Kier molecular flexibility index (Phi) is 4.06.